The minimum absolute atomic E-state index is 0.129. The highest BCUT2D eigenvalue weighted by Crippen LogP contribution is 2.33. The predicted molar refractivity (Wildman–Crippen MR) is 53.5 cm³/mol. The number of halogens is 4. The summed E-state index contributed by atoms with van der Waals surface area (Å²) in [5.74, 6) is -1.66. The Morgan fingerprint density at radius 3 is 2.25 bits per heavy atom. The van der Waals surface area contributed by atoms with Gasteiger partial charge in [-0.1, -0.05) is 0 Å². The summed E-state index contributed by atoms with van der Waals surface area (Å²) in [5, 5.41) is 0. The Hall–Kier alpha value is 0.390. The van der Waals surface area contributed by atoms with Crippen molar-refractivity contribution in [2.45, 2.75) is 4.90 Å². The van der Waals surface area contributed by atoms with E-state index in [2.05, 4.69) is 31.9 Å². The third-order valence-corrected chi connectivity index (χ3v) is 3.55. The first kappa shape index (κ1) is 10.5. The molecule has 0 saturated heterocycles. The van der Waals surface area contributed by atoms with Crippen LogP contribution < -0.4 is 0 Å². The Balaban J connectivity index is 3.40. The predicted octanol–water partition coefficient (Wildman–Crippen LogP) is 4.21. The van der Waals surface area contributed by atoms with Gasteiger partial charge in [0.15, 0.2) is 11.6 Å². The fourth-order valence-corrected chi connectivity index (χ4v) is 2.86. The molecule has 0 saturated carbocycles. The molecule has 0 N–H and O–H groups in total. The van der Waals surface area contributed by atoms with Crippen molar-refractivity contribution >= 4 is 43.6 Å². The summed E-state index contributed by atoms with van der Waals surface area (Å²) < 4.78 is 26.7. The zero-order valence-electron chi connectivity index (χ0n) is 6.00. The third-order valence-electron chi connectivity index (χ3n) is 1.28. The summed E-state index contributed by atoms with van der Waals surface area (Å²) in [6.07, 6.45) is 1.69. The molecule has 1 rings (SSSR count). The van der Waals surface area contributed by atoms with E-state index in [9.17, 15) is 8.78 Å². The highest BCUT2D eigenvalue weighted by molar-refractivity contribution is 9.11. The highest BCUT2D eigenvalue weighted by Gasteiger charge is 2.14. The minimum atomic E-state index is -0.845. The van der Waals surface area contributed by atoms with E-state index in [1.165, 1.54) is 6.07 Å². The van der Waals surface area contributed by atoms with E-state index >= 15 is 0 Å². The Morgan fingerprint density at radius 2 is 1.75 bits per heavy atom. The summed E-state index contributed by atoms with van der Waals surface area (Å²) in [6.45, 7) is 0. The average molecular weight is 318 g/mol. The molecule has 66 valence electrons. The van der Waals surface area contributed by atoms with E-state index in [-0.39, 0.29) is 9.37 Å². The van der Waals surface area contributed by atoms with Crippen LogP contribution in [0.1, 0.15) is 0 Å². The minimum Gasteiger partial charge on any atom is -0.202 e. The molecule has 5 heteroatoms. The molecule has 0 aliphatic rings. The van der Waals surface area contributed by atoms with Gasteiger partial charge in [0.25, 0.3) is 0 Å². The van der Waals surface area contributed by atoms with Crippen molar-refractivity contribution in [2.24, 2.45) is 0 Å². The average Bonchev–Trinajstić information content (AvgIpc) is 2.01. The summed E-state index contributed by atoms with van der Waals surface area (Å²) >= 11 is 7.20. The van der Waals surface area contributed by atoms with E-state index < -0.39 is 11.6 Å². The van der Waals surface area contributed by atoms with E-state index in [1.807, 2.05) is 0 Å². The van der Waals surface area contributed by atoms with Crippen molar-refractivity contribution in [3.05, 3.63) is 26.6 Å². The number of benzene rings is 1. The van der Waals surface area contributed by atoms with Crippen molar-refractivity contribution in [2.75, 3.05) is 6.26 Å². The molecule has 0 aromatic heterocycles. The van der Waals surface area contributed by atoms with Gasteiger partial charge in [-0.2, -0.15) is 0 Å². The Kier molecular flexibility index (Phi) is 3.55. The molecule has 0 unspecified atom stereocenters. The molecule has 12 heavy (non-hydrogen) atoms. The first-order valence-corrected chi connectivity index (χ1v) is 5.76. The molecule has 0 radical (unpaired) electrons. The van der Waals surface area contributed by atoms with Crippen LogP contribution in [0.15, 0.2) is 19.9 Å². The molecule has 1 aromatic carbocycles. The molecule has 0 fully saturated rings. The van der Waals surface area contributed by atoms with Crippen LogP contribution in [0, 0.1) is 11.6 Å². The molecule has 0 nitrogen and oxygen atoms in total. The first-order valence-electron chi connectivity index (χ1n) is 2.95. The molecule has 0 atom stereocenters. The van der Waals surface area contributed by atoms with E-state index in [0.29, 0.717) is 4.47 Å². The van der Waals surface area contributed by atoms with Crippen molar-refractivity contribution in [3.63, 3.8) is 0 Å². The maximum absolute atomic E-state index is 13.1. The van der Waals surface area contributed by atoms with Gasteiger partial charge < -0.3 is 0 Å². The largest absolute Gasteiger partial charge is 0.202 e. The van der Waals surface area contributed by atoms with Crippen molar-refractivity contribution < 1.29 is 8.78 Å². The van der Waals surface area contributed by atoms with Gasteiger partial charge in [0.1, 0.15) is 0 Å². The molecular formula is C7H4Br2F2S. The van der Waals surface area contributed by atoms with Gasteiger partial charge in [0.05, 0.1) is 9.37 Å². The molecule has 0 heterocycles. The zero-order chi connectivity index (χ0) is 9.30. The van der Waals surface area contributed by atoms with Gasteiger partial charge in [-0.05, 0) is 44.2 Å². The third kappa shape index (κ3) is 1.83. The van der Waals surface area contributed by atoms with E-state index in [4.69, 9.17) is 0 Å². The van der Waals surface area contributed by atoms with E-state index in [1.54, 1.807) is 6.26 Å². The molecule has 0 aliphatic heterocycles. The highest BCUT2D eigenvalue weighted by atomic mass is 79.9. The second-order valence-electron chi connectivity index (χ2n) is 2.00. The Bertz CT molecular complexity index is 315. The second kappa shape index (κ2) is 4.07. The number of rotatable bonds is 1. The standard InChI is InChI=1S/C7H4Br2F2S/c1-12-7-4(9)2-3(8)5(10)6(7)11/h2H,1H3. The lowest BCUT2D eigenvalue weighted by Crippen LogP contribution is -1.90. The lowest BCUT2D eigenvalue weighted by molar-refractivity contribution is 0.486. The van der Waals surface area contributed by atoms with Gasteiger partial charge >= 0.3 is 0 Å². The molecular weight excluding hydrogens is 314 g/mol. The maximum atomic E-state index is 13.1. The first-order chi connectivity index (χ1) is 5.57. The van der Waals surface area contributed by atoms with Gasteiger partial charge in [-0.15, -0.1) is 11.8 Å². The topological polar surface area (TPSA) is 0 Å². The SMILES string of the molecule is CSc1c(Br)cc(Br)c(F)c1F. The number of hydrogen-bond acceptors (Lipinski definition) is 1. The lowest BCUT2D eigenvalue weighted by Gasteiger charge is -2.04. The van der Waals surface area contributed by atoms with Gasteiger partial charge in [-0.25, -0.2) is 8.78 Å². The maximum Gasteiger partial charge on any atom is 0.174 e. The summed E-state index contributed by atoms with van der Waals surface area (Å²) in [7, 11) is 0. The monoisotopic (exact) mass is 316 g/mol. The summed E-state index contributed by atoms with van der Waals surface area (Å²) in [5.41, 5.74) is 0. The van der Waals surface area contributed by atoms with Crippen LogP contribution in [-0.4, -0.2) is 6.26 Å². The van der Waals surface area contributed by atoms with Crippen LogP contribution in [0.5, 0.6) is 0 Å². The molecule has 0 spiro atoms. The molecule has 0 amide bonds. The van der Waals surface area contributed by atoms with Crippen molar-refractivity contribution in [3.8, 4) is 0 Å². The molecule has 0 bridgehead atoms. The summed E-state index contributed by atoms with van der Waals surface area (Å²) in [6, 6.07) is 1.49. The smallest absolute Gasteiger partial charge is 0.174 e. The Morgan fingerprint density at radius 1 is 1.17 bits per heavy atom. The fraction of sp³-hybridized carbons (Fsp3) is 0.143. The van der Waals surface area contributed by atoms with Crippen LogP contribution in [0.4, 0.5) is 8.78 Å². The van der Waals surface area contributed by atoms with Crippen molar-refractivity contribution in [1.29, 1.82) is 0 Å². The molecule has 0 aliphatic carbocycles. The number of hydrogen-bond donors (Lipinski definition) is 0. The van der Waals surface area contributed by atoms with Crippen LogP contribution in [0.25, 0.3) is 0 Å². The van der Waals surface area contributed by atoms with Crippen LogP contribution in [-0.2, 0) is 0 Å². The second-order valence-corrected chi connectivity index (χ2v) is 4.53. The number of thioether (sulfide) groups is 1. The van der Waals surface area contributed by atoms with E-state index in [0.717, 1.165) is 11.8 Å². The van der Waals surface area contributed by atoms with Crippen LogP contribution in [0.2, 0.25) is 0 Å². The van der Waals surface area contributed by atoms with Gasteiger partial charge in [-0.3, -0.25) is 0 Å². The molecule has 1 aromatic rings. The quantitative estimate of drug-likeness (QED) is 0.425. The van der Waals surface area contributed by atoms with Crippen LogP contribution >= 0.6 is 43.6 Å². The normalized spacial score (nSPS) is 10.4. The van der Waals surface area contributed by atoms with Crippen molar-refractivity contribution in [1.82, 2.24) is 0 Å². The van der Waals surface area contributed by atoms with Crippen LogP contribution in [0.3, 0.4) is 0 Å². The van der Waals surface area contributed by atoms with Gasteiger partial charge in [0.2, 0.25) is 0 Å². The lowest BCUT2D eigenvalue weighted by atomic mass is 10.3. The zero-order valence-corrected chi connectivity index (χ0v) is 9.99. The Labute approximate surface area is 90.0 Å². The van der Waals surface area contributed by atoms with Gasteiger partial charge in [0, 0.05) is 4.47 Å². The summed E-state index contributed by atoms with van der Waals surface area (Å²) in [4.78, 5) is 0.288. The fourth-order valence-electron chi connectivity index (χ4n) is 0.737.